The molecular formula is C26H24N4S. The van der Waals surface area contributed by atoms with Gasteiger partial charge < -0.3 is 10.6 Å². The third kappa shape index (κ3) is 3.74. The molecule has 0 fully saturated rings. The molecule has 0 spiro atoms. The molecule has 0 bridgehead atoms. The summed E-state index contributed by atoms with van der Waals surface area (Å²) in [6.07, 6.45) is 3.53. The monoisotopic (exact) mass is 424 g/mol. The Morgan fingerprint density at radius 2 is 1.68 bits per heavy atom. The lowest BCUT2D eigenvalue weighted by Crippen LogP contribution is -2.21. The van der Waals surface area contributed by atoms with Gasteiger partial charge in [0.05, 0.1) is 28.2 Å². The molecule has 0 aromatic heterocycles. The van der Waals surface area contributed by atoms with Crippen LogP contribution < -0.4 is 10.6 Å². The van der Waals surface area contributed by atoms with Crippen LogP contribution in [0.4, 0.5) is 17.1 Å². The lowest BCUT2D eigenvalue weighted by atomic mass is 9.93. The number of anilines is 3. The number of nitrogens with zero attached hydrogens (tertiary/aromatic N) is 3. The first-order valence-electron chi connectivity index (χ1n) is 10.5. The maximum atomic E-state index is 9.75. The molecule has 1 aliphatic heterocycles. The van der Waals surface area contributed by atoms with Crippen LogP contribution in [0.5, 0.6) is 0 Å². The van der Waals surface area contributed by atoms with Crippen LogP contribution in [0.1, 0.15) is 42.9 Å². The average Bonchev–Trinajstić information content (AvgIpc) is 2.78. The van der Waals surface area contributed by atoms with E-state index in [0.29, 0.717) is 11.1 Å². The minimum atomic E-state index is 0.261. The van der Waals surface area contributed by atoms with E-state index in [4.69, 9.17) is 5.73 Å². The second-order valence-corrected chi connectivity index (χ2v) is 8.82. The number of hydrogen-bond donors (Lipinski definition) is 1. The van der Waals surface area contributed by atoms with Crippen molar-refractivity contribution in [1.29, 1.82) is 10.5 Å². The van der Waals surface area contributed by atoms with E-state index < -0.39 is 0 Å². The van der Waals surface area contributed by atoms with Crippen molar-refractivity contribution in [3.8, 4) is 23.3 Å². The second kappa shape index (κ2) is 8.76. The van der Waals surface area contributed by atoms with Crippen molar-refractivity contribution in [2.24, 2.45) is 0 Å². The number of para-hydroxylation sites is 1. The Balaban J connectivity index is 1.82. The molecule has 1 aliphatic rings. The van der Waals surface area contributed by atoms with Gasteiger partial charge in [-0.15, -0.1) is 0 Å². The van der Waals surface area contributed by atoms with E-state index in [1.165, 1.54) is 29.1 Å². The molecule has 0 saturated carbocycles. The summed E-state index contributed by atoms with van der Waals surface area (Å²) in [7, 11) is 0. The molecular weight excluding hydrogens is 400 g/mol. The molecule has 3 aromatic carbocycles. The summed E-state index contributed by atoms with van der Waals surface area (Å²) in [4.78, 5) is 4.81. The topological polar surface area (TPSA) is 76.8 Å². The van der Waals surface area contributed by atoms with Gasteiger partial charge in [0.25, 0.3) is 0 Å². The molecule has 0 aliphatic carbocycles. The molecule has 2 N–H and O–H groups in total. The molecule has 3 aromatic rings. The van der Waals surface area contributed by atoms with Gasteiger partial charge in [-0.05, 0) is 54.8 Å². The molecule has 1 heterocycles. The van der Waals surface area contributed by atoms with Crippen molar-refractivity contribution >= 4 is 28.8 Å². The highest BCUT2D eigenvalue weighted by atomic mass is 32.2. The number of aryl methyl sites for hydroxylation is 1. The van der Waals surface area contributed by atoms with E-state index >= 15 is 0 Å². The van der Waals surface area contributed by atoms with Gasteiger partial charge in [0.15, 0.2) is 0 Å². The first-order valence-corrected chi connectivity index (χ1v) is 11.3. The van der Waals surface area contributed by atoms with E-state index in [1.807, 2.05) is 13.0 Å². The van der Waals surface area contributed by atoms with Crippen LogP contribution in [0.25, 0.3) is 11.1 Å². The third-order valence-corrected chi connectivity index (χ3v) is 6.82. The smallest absolute Gasteiger partial charge is 0.102 e. The maximum Gasteiger partial charge on any atom is 0.102 e. The highest BCUT2D eigenvalue weighted by Gasteiger charge is 2.24. The zero-order valence-electron chi connectivity index (χ0n) is 17.8. The quantitative estimate of drug-likeness (QED) is 0.361. The fraction of sp³-hybridized carbons (Fsp3) is 0.231. The average molecular weight is 425 g/mol. The highest BCUT2D eigenvalue weighted by Crippen LogP contribution is 2.49. The number of benzene rings is 3. The second-order valence-electron chi connectivity index (χ2n) is 7.74. The molecule has 5 heteroatoms. The lowest BCUT2D eigenvalue weighted by Gasteiger charge is -2.33. The molecule has 0 unspecified atom stereocenters. The standard InChI is InChI=1S/C26H24N4S/c1-3-4-7-12-30-22-8-5-6-9-24(22)31-25-14-18(10-11-23(25)30)19-13-17(2)20(15-27)26(29)21(19)16-28/h5-6,8-11,13-14H,3-4,7,12,29H2,1-2H3. The summed E-state index contributed by atoms with van der Waals surface area (Å²) in [6, 6.07) is 21.1. The van der Waals surface area contributed by atoms with E-state index in [1.54, 1.807) is 11.8 Å². The van der Waals surface area contributed by atoms with Crippen LogP contribution in [0.3, 0.4) is 0 Å². The Labute approximate surface area is 187 Å². The van der Waals surface area contributed by atoms with Gasteiger partial charge in [0.1, 0.15) is 12.1 Å². The fourth-order valence-electron chi connectivity index (χ4n) is 4.10. The number of fused-ring (bicyclic) bond motifs is 2. The van der Waals surface area contributed by atoms with Gasteiger partial charge >= 0.3 is 0 Å². The summed E-state index contributed by atoms with van der Waals surface area (Å²) >= 11 is 1.76. The first-order chi connectivity index (χ1) is 15.1. The van der Waals surface area contributed by atoms with Crippen LogP contribution in [0.2, 0.25) is 0 Å². The molecule has 0 saturated heterocycles. The SMILES string of the molecule is CCCCCN1c2ccccc2Sc2cc(-c3cc(C)c(C#N)c(N)c3C#N)ccc21. The summed E-state index contributed by atoms with van der Waals surface area (Å²) in [6.45, 7) is 5.06. The van der Waals surface area contributed by atoms with Gasteiger partial charge in [0.2, 0.25) is 0 Å². The first kappa shape index (κ1) is 20.8. The number of nitriles is 2. The minimum Gasteiger partial charge on any atom is -0.397 e. The number of rotatable bonds is 5. The number of unbranched alkanes of at least 4 members (excludes halogenated alkanes) is 2. The van der Waals surface area contributed by atoms with Crippen molar-refractivity contribution in [2.75, 3.05) is 17.2 Å². The molecule has 4 nitrogen and oxygen atoms in total. The predicted molar refractivity (Wildman–Crippen MR) is 128 cm³/mol. The number of nitrogen functional groups attached to an aromatic ring is 1. The Bertz CT molecular complexity index is 1230. The van der Waals surface area contributed by atoms with Crippen molar-refractivity contribution in [3.63, 3.8) is 0 Å². The zero-order valence-corrected chi connectivity index (χ0v) is 18.6. The van der Waals surface area contributed by atoms with Gasteiger partial charge in [-0.1, -0.05) is 49.7 Å². The largest absolute Gasteiger partial charge is 0.397 e. The predicted octanol–water partition coefficient (Wildman–Crippen LogP) is 6.78. The molecule has 31 heavy (non-hydrogen) atoms. The molecule has 4 rings (SSSR count). The Hall–Kier alpha value is -3.41. The van der Waals surface area contributed by atoms with Crippen molar-refractivity contribution in [3.05, 3.63) is 65.2 Å². The van der Waals surface area contributed by atoms with E-state index in [9.17, 15) is 10.5 Å². The summed E-state index contributed by atoms with van der Waals surface area (Å²) in [5.41, 5.74) is 12.1. The zero-order chi connectivity index (χ0) is 22.0. The Morgan fingerprint density at radius 1 is 0.935 bits per heavy atom. The van der Waals surface area contributed by atoms with Gasteiger partial charge in [-0.2, -0.15) is 10.5 Å². The molecule has 0 radical (unpaired) electrons. The van der Waals surface area contributed by atoms with Crippen LogP contribution in [-0.2, 0) is 0 Å². The van der Waals surface area contributed by atoms with Crippen LogP contribution in [0, 0.1) is 29.6 Å². The normalized spacial score (nSPS) is 11.9. The van der Waals surface area contributed by atoms with Gasteiger partial charge in [0, 0.05) is 21.9 Å². The van der Waals surface area contributed by atoms with Gasteiger partial charge in [-0.3, -0.25) is 0 Å². The van der Waals surface area contributed by atoms with Crippen LogP contribution in [-0.4, -0.2) is 6.54 Å². The van der Waals surface area contributed by atoms with Crippen LogP contribution >= 0.6 is 11.8 Å². The van der Waals surface area contributed by atoms with E-state index in [-0.39, 0.29) is 5.69 Å². The molecule has 154 valence electrons. The number of nitrogens with two attached hydrogens (primary N) is 1. The van der Waals surface area contributed by atoms with E-state index in [2.05, 4.69) is 66.4 Å². The third-order valence-electron chi connectivity index (χ3n) is 5.71. The highest BCUT2D eigenvalue weighted by molar-refractivity contribution is 7.99. The van der Waals surface area contributed by atoms with Crippen LogP contribution in [0.15, 0.2) is 58.3 Å². The minimum absolute atomic E-state index is 0.261. The summed E-state index contributed by atoms with van der Waals surface area (Å²) in [5.74, 6) is 0. The molecule has 0 atom stereocenters. The number of hydrogen-bond acceptors (Lipinski definition) is 5. The van der Waals surface area contributed by atoms with Gasteiger partial charge in [-0.25, -0.2) is 0 Å². The Morgan fingerprint density at radius 3 is 2.42 bits per heavy atom. The summed E-state index contributed by atoms with van der Waals surface area (Å²) < 4.78 is 0. The molecule has 0 amide bonds. The maximum absolute atomic E-state index is 9.75. The fourth-order valence-corrected chi connectivity index (χ4v) is 5.24. The summed E-state index contributed by atoms with van der Waals surface area (Å²) in [5, 5.41) is 19.2. The van der Waals surface area contributed by atoms with E-state index in [0.717, 1.165) is 34.6 Å². The van der Waals surface area contributed by atoms with Crippen molar-refractivity contribution in [1.82, 2.24) is 0 Å². The van der Waals surface area contributed by atoms with Crippen molar-refractivity contribution in [2.45, 2.75) is 42.9 Å². The van der Waals surface area contributed by atoms with Crippen molar-refractivity contribution < 1.29 is 0 Å². The Kier molecular flexibility index (Phi) is 5.89. The lowest BCUT2D eigenvalue weighted by molar-refractivity contribution is 0.712.